The van der Waals surface area contributed by atoms with Crippen molar-refractivity contribution in [2.24, 2.45) is 5.92 Å². The number of hydrogen-bond acceptors (Lipinski definition) is 1. The maximum Gasteiger partial charge on any atom is 0.0440 e. The molecule has 1 N–H and O–H groups in total. The van der Waals surface area contributed by atoms with Gasteiger partial charge in [-0.3, -0.25) is 0 Å². The number of benzene rings is 1. The van der Waals surface area contributed by atoms with Gasteiger partial charge in [-0.1, -0.05) is 49.6 Å². The summed E-state index contributed by atoms with van der Waals surface area (Å²) in [6.45, 7) is 4.37. The van der Waals surface area contributed by atoms with E-state index in [2.05, 4.69) is 24.4 Å². The van der Waals surface area contributed by atoms with E-state index in [1.807, 2.05) is 12.1 Å². The third kappa shape index (κ3) is 3.23. The van der Waals surface area contributed by atoms with E-state index in [9.17, 15) is 0 Å². The van der Waals surface area contributed by atoms with Crippen LogP contribution in [0, 0.1) is 5.92 Å². The van der Waals surface area contributed by atoms with Gasteiger partial charge in [-0.25, -0.2) is 0 Å². The lowest BCUT2D eigenvalue weighted by atomic mass is 9.75. The average Bonchev–Trinajstić information content (AvgIpc) is 2.37. The molecule has 0 amide bonds. The van der Waals surface area contributed by atoms with E-state index >= 15 is 0 Å². The second-order valence-electron chi connectivity index (χ2n) is 4.98. The van der Waals surface area contributed by atoms with E-state index < -0.39 is 0 Å². The summed E-state index contributed by atoms with van der Waals surface area (Å²) in [5.74, 6) is 1.40. The van der Waals surface area contributed by atoms with Crippen molar-refractivity contribution in [2.75, 3.05) is 13.1 Å². The monoisotopic (exact) mass is 251 g/mol. The predicted octanol–water partition coefficient (Wildman–Crippen LogP) is 4.22. The van der Waals surface area contributed by atoms with Crippen LogP contribution in [0.2, 0.25) is 5.02 Å². The van der Waals surface area contributed by atoms with Crippen molar-refractivity contribution in [2.45, 2.75) is 38.5 Å². The Labute approximate surface area is 110 Å². The van der Waals surface area contributed by atoms with Crippen LogP contribution in [0.5, 0.6) is 0 Å². The summed E-state index contributed by atoms with van der Waals surface area (Å²) in [6.07, 6.45) is 5.35. The summed E-state index contributed by atoms with van der Waals surface area (Å²) in [5.41, 5.74) is 1.36. The van der Waals surface area contributed by atoms with Crippen molar-refractivity contribution in [3.05, 3.63) is 34.9 Å². The molecule has 1 aromatic carbocycles. The van der Waals surface area contributed by atoms with E-state index in [1.54, 1.807) is 0 Å². The topological polar surface area (TPSA) is 12.0 Å². The highest BCUT2D eigenvalue weighted by atomic mass is 35.5. The van der Waals surface area contributed by atoms with E-state index in [4.69, 9.17) is 11.6 Å². The highest BCUT2D eigenvalue weighted by Gasteiger charge is 2.27. The Balaban J connectivity index is 2.13. The van der Waals surface area contributed by atoms with Crippen molar-refractivity contribution in [1.29, 1.82) is 0 Å². The SMILES string of the molecule is CCNCC1CCCCC1c1ccccc1Cl. The largest absolute Gasteiger partial charge is 0.317 e. The lowest BCUT2D eigenvalue weighted by Gasteiger charge is -2.32. The van der Waals surface area contributed by atoms with Gasteiger partial charge in [-0.05, 0) is 49.4 Å². The van der Waals surface area contributed by atoms with Crippen LogP contribution < -0.4 is 5.32 Å². The van der Waals surface area contributed by atoms with Gasteiger partial charge < -0.3 is 5.32 Å². The van der Waals surface area contributed by atoms with Crippen molar-refractivity contribution in [1.82, 2.24) is 5.32 Å². The zero-order chi connectivity index (χ0) is 12.1. The van der Waals surface area contributed by atoms with Gasteiger partial charge in [0, 0.05) is 5.02 Å². The van der Waals surface area contributed by atoms with E-state index in [-0.39, 0.29) is 0 Å². The lowest BCUT2D eigenvalue weighted by molar-refractivity contribution is 0.297. The number of hydrogen-bond donors (Lipinski definition) is 1. The summed E-state index contributed by atoms with van der Waals surface area (Å²) in [6, 6.07) is 8.36. The Morgan fingerprint density at radius 1 is 1.24 bits per heavy atom. The molecular weight excluding hydrogens is 230 g/mol. The molecule has 0 aliphatic heterocycles. The third-order valence-electron chi connectivity index (χ3n) is 3.87. The third-order valence-corrected chi connectivity index (χ3v) is 4.21. The Hall–Kier alpha value is -0.530. The maximum atomic E-state index is 6.34. The standard InChI is InChI=1S/C15H22ClN/c1-2-17-11-12-7-3-4-8-13(12)14-9-5-6-10-15(14)16/h5-6,9-10,12-13,17H,2-4,7-8,11H2,1H3. The number of rotatable bonds is 4. The first-order valence-electron chi connectivity index (χ1n) is 6.78. The molecule has 17 heavy (non-hydrogen) atoms. The predicted molar refractivity (Wildman–Crippen MR) is 74.7 cm³/mol. The average molecular weight is 252 g/mol. The first-order valence-corrected chi connectivity index (χ1v) is 7.16. The first kappa shape index (κ1) is 12.9. The molecule has 0 saturated heterocycles. The molecule has 1 aliphatic carbocycles. The quantitative estimate of drug-likeness (QED) is 0.845. The molecule has 1 aliphatic rings. The van der Waals surface area contributed by atoms with Crippen LogP contribution in [-0.2, 0) is 0 Å². The van der Waals surface area contributed by atoms with E-state index in [0.717, 1.165) is 24.0 Å². The van der Waals surface area contributed by atoms with Crippen LogP contribution in [0.15, 0.2) is 24.3 Å². The van der Waals surface area contributed by atoms with Crippen LogP contribution in [0.4, 0.5) is 0 Å². The second-order valence-corrected chi connectivity index (χ2v) is 5.39. The molecule has 1 aromatic rings. The van der Waals surface area contributed by atoms with Crippen LogP contribution in [0.25, 0.3) is 0 Å². The minimum Gasteiger partial charge on any atom is -0.317 e. The molecule has 1 saturated carbocycles. The van der Waals surface area contributed by atoms with Gasteiger partial charge in [0.15, 0.2) is 0 Å². The molecule has 0 aromatic heterocycles. The van der Waals surface area contributed by atoms with Gasteiger partial charge >= 0.3 is 0 Å². The molecular formula is C15H22ClN. The summed E-state index contributed by atoms with van der Waals surface area (Å²) in [4.78, 5) is 0. The zero-order valence-electron chi connectivity index (χ0n) is 10.6. The Morgan fingerprint density at radius 2 is 2.00 bits per heavy atom. The van der Waals surface area contributed by atoms with Crippen LogP contribution in [-0.4, -0.2) is 13.1 Å². The van der Waals surface area contributed by atoms with Gasteiger partial charge in [-0.15, -0.1) is 0 Å². The molecule has 1 nitrogen and oxygen atoms in total. The molecule has 0 heterocycles. The van der Waals surface area contributed by atoms with Crippen molar-refractivity contribution < 1.29 is 0 Å². The van der Waals surface area contributed by atoms with Crippen molar-refractivity contribution in [3.63, 3.8) is 0 Å². The zero-order valence-corrected chi connectivity index (χ0v) is 11.3. The molecule has 2 unspecified atom stereocenters. The molecule has 2 rings (SSSR count). The highest BCUT2D eigenvalue weighted by Crippen LogP contribution is 2.40. The fourth-order valence-corrected chi connectivity index (χ4v) is 3.24. The summed E-state index contributed by atoms with van der Waals surface area (Å²) < 4.78 is 0. The van der Waals surface area contributed by atoms with Gasteiger partial charge in [0.05, 0.1) is 0 Å². The van der Waals surface area contributed by atoms with Crippen LogP contribution in [0.1, 0.15) is 44.1 Å². The Kier molecular flexibility index (Phi) is 4.87. The molecule has 0 spiro atoms. The number of nitrogens with one attached hydrogen (secondary N) is 1. The second kappa shape index (κ2) is 6.42. The van der Waals surface area contributed by atoms with Gasteiger partial charge in [0.25, 0.3) is 0 Å². The van der Waals surface area contributed by atoms with E-state index in [1.165, 1.54) is 31.2 Å². The van der Waals surface area contributed by atoms with Crippen molar-refractivity contribution >= 4 is 11.6 Å². The Bertz CT molecular complexity index is 351. The highest BCUT2D eigenvalue weighted by molar-refractivity contribution is 6.31. The summed E-state index contributed by atoms with van der Waals surface area (Å²) >= 11 is 6.34. The number of halogens is 1. The van der Waals surface area contributed by atoms with Gasteiger partial charge in [0.2, 0.25) is 0 Å². The fraction of sp³-hybridized carbons (Fsp3) is 0.600. The molecule has 0 bridgehead atoms. The molecule has 1 fully saturated rings. The molecule has 2 atom stereocenters. The maximum absolute atomic E-state index is 6.34. The van der Waals surface area contributed by atoms with Crippen LogP contribution in [0.3, 0.4) is 0 Å². The minimum atomic E-state index is 0.650. The van der Waals surface area contributed by atoms with Gasteiger partial charge in [-0.2, -0.15) is 0 Å². The summed E-state index contributed by atoms with van der Waals surface area (Å²) in [5, 5.41) is 4.44. The lowest BCUT2D eigenvalue weighted by Crippen LogP contribution is -2.29. The normalized spacial score (nSPS) is 24.8. The molecule has 94 valence electrons. The smallest absolute Gasteiger partial charge is 0.0440 e. The molecule has 2 heteroatoms. The fourth-order valence-electron chi connectivity index (χ4n) is 2.97. The van der Waals surface area contributed by atoms with E-state index in [0.29, 0.717) is 5.92 Å². The molecule has 0 radical (unpaired) electrons. The van der Waals surface area contributed by atoms with Crippen LogP contribution >= 0.6 is 11.6 Å². The first-order chi connectivity index (χ1) is 8.33. The van der Waals surface area contributed by atoms with Crippen molar-refractivity contribution in [3.8, 4) is 0 Å². The summed E-state index contributed by atoms with van der Waals surface area (Å²) in [7, 11) is 0. The minimum absolute atomic E-state index is 0.650. The Morgan fingerprint density at radius 3 is 2.76 bits per heavy atom. The van der Waals surface area contributed by atoms with Gasteiger partial charge in [0.1, 0.15) is 0 Å².